The average molecular weight is 352 g/mol. The second kappa shape index (κ2) is 7.00. The number of aryl methyl sites for hydroxylation is 1. The molecule has 0 aliphatic carbocycles. The van der Waals surface area contributed by atoms with Gasteiger partial charge in [0.2, 0.25) is 5.76 Å². The van der Waals surface area contributed by atoms with Gasteiger partial charge >= 0.3 is 5.97 Å². The summed E-state index contributed by atoms with van der Waals surface area (Å²) in [7, 11) is 2.09. The number of rotatable bonds is 5. The number of nitrogens with zero attached hydrogens (tertiary/aromatic N) is 2. The molecular weight excluding hydrogens is 328 g/mol. The van der Waals surface area contributed by atoms with E-state index in [1.165, 1.54) is 5.69 Å². The summed E-state index contributed by atoms with van der Waals surface area (Å²) in [5.41, 5.74) is 2.98. The molecule has 1 fully saturated rings. The Morgan fingerprint density at radius 1 is 1.27 bits per heavy atom. The third-order valence-corrected chi connectivity index (χ3v) is 5.21. The van der Waals surface area contributed by atoms with Crippen molar-refractivity contribution >= 4 is 16.9 Å². The average Bonchev–Trinajstić information content (AvgIpc) is 3.34. The number of hydrogen-bond acceptors (Lipinski definition) is 4. The Balaban J connectivity index is 1.71. The van der Waals surface area contributed by atoms with Gasteiger partial charge in [-0.15, -0.1) is 0 Å². The zero-order valence-corrected chi connectivity index (χ0v) is 15.3. The number of aromatic nitrogens is 1. The minimum absolute atomic E-state index is 0.338. The zero-order chi connectivity index (χ0) is 18.1. The molecule has 0 N–H and O–H groups in total. The third-order valence-electron chi connectivity index (χ3n) is 5.21. The Labute approximate surface area is 153 Å². The SMILES string of the molecule is CCOC(=O)c1oc2ccccc2c1CN1CCC[C@H]1c1cccn1C. The molecule has 0 saturated carbocycles. The maximum Gasteiger partial charge on any atom is 0.374 e. The van der Waals surface area contributed by atoms with E-state index in [0.717, 1.165) is 35.9 Å². The summed E-state index contributed by atoms with van der Waals surface area (Å²) in [5, 5.41) is 0.994. The molecule has 1 aliphatic heterocycles. The van der Waals surface area contributed by atoms with Crippen LogP contribution in [-0.4, -0.2) is 28.6 Å². The van der Waals surface area contributed by atoms with Crippen LogP contribution in [0.1, 0.15) is 47.6 Å². The van der Waals surface area contributed by atoms with Gasteiger partial charge in [-0.3, -0.25) is 4.90 Å². The molecule has 3 heterocycles. The van der Waals surface area contributed by atoms with Crippen LogP contribution in [0.15, 0.2) is 47.0 Å². The van der Waals surface area contributed by atoms with Gasteiger partial charge in [0.25, 0.3) is 0 Å². The summed E-state index contributed by atoms with van der Waals surface area (Å²) in [5.74, 6) is -0.0427. The molecular formula is C21H24N2O3. The van der Waals surface area contributed by atoms with Crippen molar-refractivity contribution in [3.8, 4) is 0 Å². The van der Waals surface area contributed by atoms with Crippen molar-refractivity contribution < 1.29 is 13.9 Å². The van der Waals surface area contributed by atoms with Crippen molar-refractivity contribution in [1.82, 2.24) is 9.47 Å². The van der Waals surface area contributed by atoms with E-state index in [2.05, 4.69) is 34.8 Å². The predicted molar refractivity (Wildman–Crippen MR) is 100.0 cm³/mol. The molecule has 1 aromatic carbocycles. The molecule has 2 aromatic heterocycles. The topological polar surface area (TPSA) is 47.6 Å². The van der Waals surface area contributed by atoms with E-state index in [9.17, 15) is 4.79 Å². The van der Waals surface area contributed by atoms with Gasteiger partial charge in [0.05, 0.1) is 12.6 Å². The van der Waals surface area contributed by atoms with Crippen LogP contribution in [0.5, 0.6) is 0 Å². The molecule has 5 nitrogen and oxygen atoms in total. The largest absolute Gasteiger partial charge is 0.460 e. The van der Waals surface area contributed by atoms with Gasteiger partial charge in [-0.05, 0) is 44.5 Å². The number of furan rings is 1. The summed E-state index contributed by atoms with van der Waals surface area (Å²) in [6.07, 6.45) is 4.37. The number of carbonyl (C=O) groups is 1. The van der Waals surface area contributed by atoms with Crippen molar-refractivity contribution in [2.24, 2.45) is 7.05 Å². The summed E-state index contributed by atoms with van der Waals surface area (Å²) >= 11 is 0. The van der Waals surface area contributed by atoms with E-state index < -0.39 is 0 Å². The van der Waals surface area contributed by atoms with E-state index in [0.29, 0.717) is 25.0 Å². The van der Waals surface area contributed by atoms with Crippen molar-refractivity contribution in [3.05, 3.63) is 59.6 Å². The van der Waals surface area contributed by atoms with Gasteiger partial charge in [0.1, 0.15) is 5.58 Å². The lowest BCUT2D eigenvalue weighted by molar-refractivity contribution is 0.0489. The minimum atomic E-state index is -0.381. The Morgan fingerprint density at radius 3 is 2.88 bits per heavy atom. The number of fused-ring (bicyclic) bond motifs is 1. The highest BCUT2D eigenvalue weighted by molar-refractivity contribution is 5.96. The number of para-hydroxylation sites is 1. The number of esters is 1. The molecule has 4 rings (SSSR count). The Bertz CT molecular complexity index is 924. The van der Waals surface area contributed by atoms with Crippen molar-refractivity contribution in [2.45, 2.75) is 32.4 Å². The highest BCUT2D eigenvalue weighted by Gasteiger charge is 2.31. The van der Waals surface area contributed by atoms with E-state index in [1.54, 1.807) is 0 Å². The lowest BCUT2D eigenvalue weighted by atomic mass is 10.1. The van der Waals surface area contributed by atoms with Crippen LogP contribution in [0, 0.1) is 0 Å². The molecule has 0 amide bonds. The Morgan fingerprint density at radius 2 is 2.12 bits per heavy atom. The molecule has 0 spiro atoms. The first kappa shape index (κ1) is 16.9. The number of carbonyl (C=O) groups excluding carboxylic acids is 1. The maximum absolute atomic E-state index is 12.4. The van der Waals surface area contributed by atoms with Crippen LogP contribution >= 0.6 is 0 Å². The molecule has 5 heteroatoms. The van der Waals surface area contributed by atoms with Crippen molar-refractivity contribution in [2.75, 3.05) is 13.2 Å². The molecule has 1 atom stereocenters. The summed E-state index contributed by atoms with van der Waals surface area (Å²) in [6.45, 7) is 3.84. The molecule has 3 aromatic rings. The number of hydrogen-bond donors (Lipinski definition) is 0. The highest BCUT2D eigenvalue weighted by atomic mass is 16.5. The molecule has 1 saturated heterocycles. The normalized spacial score (nSPS) is 17.8. The quantitative estimate of drug-likeness (QED) is 0.643. The van der Waals surface area contributed by atoms with Gasteiger partial charge in [0.15, 0.2) is 0 Å². The third kappa shape index (κ3) is 2.92. The van der Waals surface area contributed by atoms with Crippen LogP contribution in [0.2, 0.25) is 0 Å². The van der Waals surface area contributed by atoms with E-state index in [4.69, 9.17) is 9.15 Å². The molecule has 0 bridgehead atoms. The van der Waals surface area contributed by atoms with Crippen LogP contribution in [-0.2, 0) is 18.3 Å². The first-order chi connectivity index (χ1) is 12.7. The van der Waals surface area contributed by atoms with Crippen LogP contribution in [0.4, 0.5) is 0 Å². The van der Waals surface area contributed by atoms with Crippen LogP contribution < -0.4 is 0 Å². The van der Waals surface area contributed by atoms with Gasteiger partial charge < -0.3 is 13.7 Å². The summed E-state index contributed by atoms with van der Waals surface area (Å²) in [4.78, 5) is 14.9. The minimum Gasteiger partial charge on any atom is -0.460 e. The molecule has 0 unspecified atom stereocenters. The maximum atomic E-state index is 12.4. The van der Waals surface area contributed by atoms with E-state index in [-0.39, 0.29) is 5.97 Å². The fraction of sp³-hybridized carbons (Fsp3) is 0.381. The van der Waals surface area contributed by atoms with Gasteiger partial charge in [-0.1, -0.05) is 18.2 Å². The first-order valence-corrected chi connectivity index (χ1v) is 9.22. The first-order valence-electron chi connectivity index (χ1n) is 9.22. The fourth-order valence-corrected chi connectivity index (χ4v) is 3.99. The number of ether oxygens (including phenoxy) is 1. The lowest BCUT2D eigenvalue weighted by Crippen LogP contribution is -2.25. The van der Waals surface area contributed by atoms with Crippen LogP contribution in [0.25, 0.3) is 11.0 Å². The molecule has 136 valence electrons. The molecule has 1 aliphatic rings. The lowest BCUT2D eigenvalue weighted by Gasteiger charge is -2.25. The number of likely N-dealkylation sites (tertiary alicyclic amines) is 1. The summed E-state index contributed by atoms with van der Waals surface area (Å²) in [6, 6.07) is 12.5. The van der Waals surface area contributed by atoms with Crippen LogP contribution in [0.3, 0.4) is 0 Å². The van der Waals surface area contributed by atoms with E-state index >= 15 is 0 Å². The zero-order valence-electron chi connectivity index (χ0n) is 15.3. The Hall–Kier alpha value is -2.53. The fourth-order valence-electron chi connectivity index (χ4n) is 3.99. The molecule has 0 radical (unpaired) electrons. The van der Waals surface area contributed by atoms with Gasteiger partial charge in [-0.25, -0.2) is 4.79 Å². The molecule has 26 heavy (non-hydrogen) atoms. The van der Waals surface area contributed by atoms with E-state index in [1.807, 2.05) is 31.2 Å². The Kier molecular flexibility index (Phi) is 4.55. The number of benzene rings is 1. The highest BCUT2D eigenvalue weighted by Crippen LogP contribution is 2.36. The second-order valence-corrected chi connectivity index (χ2v) is 6.80. The van der Waals surface area contributed by atoms with Crippen molar-refractivity contribution in [3.63, 3.8) is 0 Å². The smallest absolute Gasteiger partial charge is 0.374 e. The second-order valence-electron chi connectivity index (χ2n) is 6.80. The predicted octanol–water partition coefficient (Wildman–Crippen LogP) is 4.29. The monoisotopic (exact) mass is 352 g/mol. The van der Waals surface area contributed by atoms with Crippen molar-refractivity contribution in [1.29, 1.82) is 0 Å². The van der Waals surface area contributed by atoms with Gasteiger partial charge in [0, 0.05) is 36.4 Å². The van der Waals surface area contributed by atoms with Gasteiger partial charge in [-0.2, -0.15) is 0 Å². The standard InChI is InChI=1S/C21H24N2O3/c1-3-25-21(24)20-16(15-8-4-5-11-19(15)26-20)14-23-13-7-10-18(23)17-9-6-12-22(17)2/h4-6,8-9,11-12,18H,3,7,10,13-14H2,1-2H3/t18-/m0/s1. The summed E-state index contributed by atoms with van der Waals surface area (Å²) < 4.78 is 13.3.